The Morgan fingerprint density at radius 3 is 2.33 bits per heavy atom. The Morgan fingerprint density at radius 2 is 1.73 bits per heavy atom. The molecule has 5 rings (SSSR count). The maximum Gasteiger partial charge on any atom is 0.254 e. The number of carbonyl (C=O) groups is 2. The SMILES string of the molecule is COc1ccc(C(=O)N2C[C@@H]3CN(C(=O)c4ccccc4)C[C@]3(c3n[nH]c(C)n3)C2)c(C)c1. The van der Waals surface area contributed by atoms with E-state index in [4.69, 9.17) is 4.74 Å². The van der Waals surface area contributed by atoms with E-state index in [2.05, 4.69) is 15.2 Å². The van der Waals surface area contributed by atoms with Gasteiger partial charge in [0.15, 0.2) is 5.82 Å². The number of nitrogens with zero attached hydrogens (tertiary/aromatic N) is 4. The number of likely N-dealkylation sites (tertiary alicyclic amines) is 2. The lowest BCUT2D eigenvalue weighted by Gasteiger charge is -2.27. The van der Waals surface area contributed by atoms with Gasteiger partial charge in [-0.1, -0.05) is 18.2 Å². The number of fused-ring (bicyclic) bond motifs is 1. The van der Waals surface area contributed by atoms with E-state index in [1.165, 1.54) is 0 Å². The van der Waals surface area contributed by atoms with Crippen molar-refractivity contribution in [1.82, 2.24) is 25.0 Å². The van der Waals surface area contributed by atoms with Crippen LogP contribution in [0.3, 0.4) is 0 Å². The number of H-pyrrole nitrogens is 1. The fraction of sp³-hybridized carbons (Fsp3) is 0.360. The van der Waals surface area contributed by atoms with Gasteiger partial charge in [0.05, 0.1) is 12.5 Å². The lowest BCUT2D eigenvalue weighted by Crippen LogP contribution is -2.42. The number of benzene rings is 2. The van der Waals surface area contributed by atoms with E-state index < -0.39 is 5.41 Å². The van der Waals surface area contributed by atoms with Crippen molar-refractivity contribution in [2.75, 3.05) is 33.3 Å². The van der Waals surface area contributed by atoms with Crippen molar-refractivity contribution in [2.45, 2.75) is 19.3 Å². The lowest BCUT2D eigenvalue weighted by atomic mass is 9.80. The Labute approximate surface area is 192 Å². The molecule has 0 unspecified atom stereocenters. The Morgan fingerprint density at radius 1 is 1.03 bits per heavy atom. The van der Waals surface area contributed by atoms with Crippen LogP contribution in [-0.4, -0.2) is 70.1 Å². The second kappa shape index (κ2) is 8.03. The molecule has 2 fully saturated rings. The van der Waals surface area contributed by atoms with Crippen LogP contribution in [0.4, 0.5) is 0 Å². The average Bonchev–Trinajstić information content (AvgIpc) is 3.51. The molecule has 2 saturated heterocycles. The molecule has 0 radical (unpaired) electrons. The van der Waals surface area contributed by atoms with Gasteiger partial charge in [-0.3, -0.25) is 14.7 Å². The molecule has 0 spiro atoms. The van der Waals surface area contributed by atoms with Crippen molar-refractivity contribution < 1.29 is 14.3 Å². The third-order valence-electron chi connectivity index (χ3n) is 6.91. The van der Waals surface area contributed by atoms with Crippen molar-refractivity contribution in [3.05, 3.63) is 76.9 Å². The first-order valence-electron chi connectivity index (χ1n) is 11.1. The molecule has 0 aliphatic carbocycles. The highest BCUT2D eigenvalue weighted by molar-refractivity contribution is 5.97. The third-order valence-corrected chi connectivity index (χ3v) is 6.91. The number of nitrogens with one attached hydrogen (secondary N) is 1. The molecule has 2 aromatic carbocycles. The molecule has 1 N–H and O–H groups in total. The maximum absolute atomic E-state index is 13.5. The molecule has 2 aliphatic rings. The van der Waals surface area contributed by atoms with Gasteiger partial charge in [-0.05, 0) is 49.7 Å². The smallest absolute Gasteiger partial charge is 0.254 e. The maximum atomic E-state index is 13.5. The topological polar surface area (TPSA) is 91.4 Å². The second-order valence-corrected chi connectivity index (χ2v) is 9.02. The van der Waals surface area contributed by atoms with Crippen LogP contribution in [0.5, 0.6) is 5.75 Å². The highest BCUT2D eigenvalue weighted by Gasteiger charge is 2.57. The van der Waals surface area contributed by atoms with Crippen LogP contribution < -0.4 is 4.74 Å². The number of aromatic nitrogens is 3. The fourth-order valence-electron chi connectivity index (χ4n) is 5.19. The van der Waals surface area contributed by atoms with Gasteiger partial charge in [-0.25, -0.2) is 4.98 Å². The highest BCUT2D eigenvalue weighted by atomic mass is 16.5. The number of aryl methyl sites for hydroxylation is 2. The van der Waals surface area contributed by atoms with Crippen molar-refractivity contribution >= 4 is 11.8 Å². The van der Waals surface area contributed by atoms with E-state index in [1.54, 1.807) is 7.11 Å². The lowest BCUT2D eigenvalue weighted by molar-refractivity contribution is 0.0731. The van der Waals surface area contributed by atoms with Crippen LogP contribution in [0.1, 0.15) is 37.9 Å². The zero-order valence-electron chi connectivity index (χ0n) is 19.0. The first-order chi connectivity index (χ1) is 15.9. The summed E-state index contributed by atoms with van der Waals surface area (Å²) in [6, 6.07) is 14.8. The van der Waals surface area contributed by atoms with E-state index in [-0.39, 0.29) is 17.7 Å². The molecule has 2 aliphatic heterocycles. The number of hydrogen-bond donors (Lipinski definition) is 1. The van der Waals surface area contributed by atoms with Crippen LogP contribution in [0.2, 0.25) is 0 Å². The van der Waals surface area contributed by atoms with E-state index in [9.17, 15) is 9.59 Å². The summed E-state index contributed by atoms with van der Waals surface area (Å²) in [7, 11) is 1.61. The van der Waals surface area contributed by atoms with Crippen LogP contribution in [0.15, 0.2) is 48.5 Å². The van der Waals surface area contributed by atoms with Crippen molar-refractivity contribution in [3.8, 4) is 5.75 Å². The van der Waals surface area contributed by atoms with Crippen LogP contribution in [0.25, 0.3) is 0 Å². The Balaban J connectivity index is 1.44. The van der Waals surface area contributed by atoms with E-state index in [0.29, 0.717) is 43.1 Å². The molecule has 0 bridgehead atoms. The van der Waals surface area contributed by atoms with Crippen molar-refractivity contribution in [2.24, 2.45) is 5.92 Å². The van der Waals surface area contributed by atoms with E-state index in [0.717, 1.165) is 17.1 Å². The van der Waals surface area contributed by atoms with Crippen LogP contribution >= 0.6 is 0 Å². The fourth-order valence-corrected chi connectivity index (χ4v) is 5.19. The predicted octanol–water partition coefficient (Wildman–Crippen LogP) is 2.60. The van der Waals surface area contributed by atoms with Crippen LogP contribution in [-0.2, 0) is 5.41 Å². The van der Waals surface area contributed by atoms with Gasteiger partial charge < -0.3 is 14.5 Å². The molecule has 2 atom stereocenters. The van der Waals surface area contributed by atoms with Gasteiger partial charge in [0.2, 0.25) is 0 Å². The molecule has 3 aromatic rings. The number of amides is 2. The number of aromatic amines is 1. The summed E-state index contributed by atoms with van der Waals surface area (Å²) in [6.07, 6.45) is 0. The summed E-state index contributed by atoms with van der Waals surface area (Å²) in [5.74, 6) is 2.17. The normalized spacial score (nSPS) is 21.8. The Kier molecular flexibility index (Phi) is 5.15. The number of ether oxygens (including phenoxy) is 1. The average molecular weight is 446 g/mol. The van der Waals surface area contributed by atoms with Gasteiger partial charge in [0, 0.05) is 43.2 Å². The van der Waals surface area contributed by atoms with Gasteiger partial charge in [0.1, 0.15) is 11.6 Å². The summed E-state index contributed by atoms with van der Waals surface area (Å²) in [6.45, 7) is 5.85. The summed E-state index contributed by atoms with van der Waals surface area (Å²) in [4.78, 5) is 35.1. The minimum Gasteiger partial charge on any atom is -0.497 e. The predicted molar refractivity (Wildman–Crippen MR) is 122 cm³/mol. The largest absolute Gasteiger partial charge is 0.497 e. The summed E-state index contributed by atoms with van der Waals surface area (Å²) < 4.78 is 5.28. The Hall–Kier alpha value is -3.68. The third kappa shape index (κ3) is 3.55. The number of methoxy groups -OCH3 is 1. The molecule has 0 saturated carbocycles. The molecule has 33 heavy (non-hydrogen) atoms. The first-order valence-corrected chi connectivity index (χ1v) is 11.1. The van der Waals surface area contributed by atoms with Gasteiger partial charge in [0.25, 0.3) is 11.8 Å². The quantitative estimate of drug-likeness (QED) is 0.667. The number of hydrogen-bond acceptors (Lipinski definition) is 5. The first kappa shape index (κ1) is 21.2. The molecule has 3 heterocycles. The van der Waals surface area contributed by atoms with E-state index >= 15 is 0 Å². The molecule has 170 valence electrons. The van der Waals surface area contributed by atoms with Crippen LogP contribution in [0, 0.1) is 19.8 Å². The van der Waals surface area contributed by atoms with Gasteiger partial charge in [-0.15, -0.1) is 0 Å². The highest BCUT2D eigenvalue weighted by Crippen LogP contribution is 2.44. The monoisotopic (exact) mass is 445 g/mol. The van der Waals surface area contributed by atoms with E-state index in [1.807, 2.05) is 72.2 Å². The Bertz CT molecular complexity index is 1210. The summed E-state index contributed by atoms with van der Waals surface area (Å²) in [5.41, 5.74) is 1.71. The minimum absolute atomic E-state index is 0.000470. The second-order valence-electron chi connectivity index (χ2n) is 9.02. The molecule has 1 aromatic heterocycles. The molecular weight excluding hydrogens is 418 g/mol. The van der Waals surface area contributed by atoms with Gasteiger partial charge in [-0.2, -0.15) is 5.10 Å². The number of carbonyl (C=O) groups excluding carboxylic acids is 2. The molecule has 8 heteroatoms. The van der Waals surface area contributed by atoms with Gasteiger partial charge >= 0.3 is 0 Å². The summed E-state index contributed by atoms with van der Waals surface area (Å²) in [5, 5.41) is 7.42. The summed E-state index contributed by atoms with van der Waals surface area (Å²) >= 11 is 0. The number of rotatable bonds is 4. The molecule has 8 nitrogen and oxygen atoms in total. The van der Waals surface area contributed by atoms with Crippen molar-refractivity contribution in [1.29, 1.82) is 0 Å². The molecular formula is C25H27N5O3. The van der Waals surface area contributed by atoms with Crippen molar-refractivity contribution in [3.63, 3.8) is 0 Å². The molecule has 2 amide bonds. The zero-order chi connectivity index (χ0) is 23.2. The minimum atomic E-state index is -0.495. The zero-order valence-corrected chi connectivity index (χ0v) is 19.0. The standard InChI is InChI=1S/C25H27N5O3/c1-16-11-20(33-3)9-10-21(16)23(32)30-13-19-12-29(22(31)18-7-5-4-6-8-18)14-25(19,15-30)24-26-17(2)27-28-24/h4-11,19H,12-15H2,1-3H3,(H,26,27,28)/t19-,25-/m0/s1.